The van der Waals surface area contributed by atoms with Crippen molar-refractivity contribution >= 4 is 6.21 Å². The number of phenols is 1. The minimum Gasteiger partial charge on any atom is -0.507 e. The maximum Gasteiger partial charge on any atom is 0.128 e. The third kappa shape index (κ3) is 4.11. The summed E-state index contributed by atoms with van der Waals surface area (Å²) in [6, 6.07) is 12.0. The molecular weight excluding hydrogens is 358 g/mol. The van der Waals surface area contributed by atoms with Gasteiger partial charge in [-0.05, 0) is 46.4 Å². The number of aliphatic hydroxyl groups excluding tert-OH is 1. The Hall–Kier alpha value is -2.13. The van der Waals surface area contributed by atoms with Crippen LogP contribution in [0.4, 0.5) is 0 Å². The Bertz CT molecular complexity index is 911. The van der Waals surface area contributed by atoms with Gasteiger partial charge in [-0.1, -0.05) is 71.9 Å². The summed E-state index contributed by atoms with van der Waals surface area (Å²) in [4.78, 5) is 4.74. The molecule has 0 amide bonds. The van der Waals surface area contributed by atoms with E-state index in [0.29, 0.717) is 12.2 Å². The molecule has 0 aliphatic heterocycles. The zero-order valence-electron chi connectivity index (χ0n) is 18.7. The number of aliphatic hydroxyl groups is 1. The molecule has 2 aromatic rings. The lowest BCUT2D eigenvalue weighted by Gasteiger charge is -2.30. The molecule has 0 radical (unpaired) electrons. The van der Waals surface area contributed by atoms with Crippen LogP contribution in [-0.4, -0.2) is 22.5 Å². The summed E-state index contributed by atoms with van der Waals surface area (Å²) in [7, 11) is 0. The highest BCUT2D eigenvalue weighted by Gasteiger charge is 2.31. The number of hydrogen-bond donors (Lipinski definition) is 2. The Kier molecular flexibility index (Phi) is 5.91. The summed E-state index contributed by atoms with van der Waals surface area (Å²) >= 11 is 0. The van der Waals surface area contributed by atoms with E-state index in [1.54, 1.807) is 6.21 Å². The zero-order valence-corrected chi connectivity index (χ0v) is 18.7. The van der Waals surface area contributed by atoms with Crippen molar-refractivity contribution in [1.82, 2.24) is 0 Å². The van der Waals surface area contributed by atoms with Gasteiger partial charge in [0, 0.05) is 23.8 Å². The maximum atomic E-state index is 11.1. The molecule has 2 atom stereocenters. The van der Waals surface area contributed by atoms with Gasteiger partial charge in [-0.25, -0.2) is 0 Å². The average Bonchev–Trinajstić information content (AvgIpc) is 3.01. The molecule has 3 nitrogen and oxygen atoms in total. The number of hydrogen-bond acceptors (Lipinski definition) is 3. The molecule has 3 heteroatoms. The largest absolute Gasteiger partial charge is 0.507 e. The molecule has 29 heavy (non-hydrogen) atoms. The Labute approximate surface area is 175 Å². The van der Waals surface area contributed by atoms with E-state index in [4.69, 9.17) is 4.99 Å². The van der Waals surface area contributed by atoms with Crippen molar-refractivity contribution in [2.45, 2.75) is 83.8 Å². The van der Waals surface area contributed by atoms with E-state index in [0.717, 1.165) is 35.1 Å². The first-order chi connectivity index (χ1) is 13.6. The lowest BCUT2D eigenvalue weighted by molar-refractivity contribution is 0.159. The lowest BCUT2D eigenvalue weighted by Crippen LogP contribution is -2.21. The van der Waals surface area contributed by atoms with E-state index in [2.05, 4.69) is 59.7 Å². The Morgan fingerprint density at radius 1 is 1.03 bits per heavy atom. The number of fused-ring (bicyclic) bond motifs is 1. The van der Waals surface area contributed by atoms with Crippen molar-refractivity contribution in [3.05, 3.63) is 64.2 Å². The van der Waals surface area contributed by atoms with Gasteiger partial charge in [-0.15, -0.1) is 0 Å². The van der Waals surface area contributed by atoms with E-state index >= 15 is 0 Å². The molecule has 3 rings (SSSR count). The van der Waals surface area contributed by atoms with Crippen molar-refractivity contribution in [3.8, 4) is 5.75 Å². The van der Waals surface area contributed by atoms with Crippen LogP contribution in [0.2, 0.25) is 0 Å². The monoisotopic (exact) mass is 393 g/mol. The number of benzene rings is 2. The third-order valence-electron chi connectivity index (χ3n) is 6.96. The molecule has 0 saturated carbocycles. The van der Waals surface area contributed by atoms with Gasteiger partial charge in [0.15, 0.2) is 0 Å². The number of phenolic OH excluding ortho intramolecular Hbond substituents is 1. The molecule has 2 N–H and O–H groups in total. The van der Waals surface area contributed by atoms with E-state index in [9.17, 15) is 10.2 Å². The highest BCUT2D eigenvalue weighted by molar-refractivity contribution is 5.85. The van der Waals surface area contributed by atoms with E-state index in [-0.39, 0.29) is 16.9 Å². The van der Waals surface area contributed by atoms with Crippen molar-refractivity contribution in [2.24, 2.45) is 4.99 Å². The number of aromatic hydroxyl groups is 1. The average molecular weight is 394 g/mol. The molecule has 1 aliphatic carbocycles. The Morgan fingerprint density at radius 2 is 1.69 bits per heavy atom. The molecule has 0 unspecified atom stereocenters. The second kappa shape index (κ2) is 7.95. The summed E-state index contributed by atoms with van der Waals surface area (Å²) in [5.41, 5.74) is 5.02. The Balaban J connectivity index is 2.08. The van der Waals surface area contributed by atoms with Crippen LogP contribution in [0.3, 0.4) is 0 Å². The number of nitrogens with zero attached hydrogens (tertiary/aromatic N) is 1. The van der Waals surface area contributed by atoms with Crippen LogP contribution >= 0.6 is 0 Å². The molecule has 0 bridgehead atoms. The van der Waals surface area contributed by atoms with Crippen molar-refractivity contribution in [2.75, 3.05) is 0 Å². The quantitative estimate of drug-likeness (QED) is 0.605. The van der Waals surface area contributed by atoms with Crippen molar-refractivity contribution < 1.29 is 10.2 Å². The van der Waals surface area contributed by atoms with E-state index < -0.39 is 6.10 Å². The molecule has 0 fully saturated rings. The van der Waals surface area contributed by atoms with Crippen LogP contribution in [0.15, 0.2) is 41.4 Å². The normalized spacial score (nSPS) is 19.7. The molecule has 0 aromatic heterocycles. The molecule has 156 valence electrons. The van der Waals surface area contributed by atoms with Gasteiger partial charge < -0.3 is 10.2 Å². The second-order valence-electron chi connectivity index (χ2n) is 9.63. The van der Waals surface area contributed by atoms with Gasteiger partial charge in [0.1, 0.15) is 11.8 Å². The Morgan fingerprint density at radius 3 is 2.34 bits per heavy atom. The molecule has 2 aromatic carbocycles. The summed E-state index contributed by atoms with van der Waals surface area (Å²) in [5.74, 6) is 0.303. The minimum atomic E-state index is -0.521. The van der Waals surface area contributed by atoms with Gasteiger partial charge >= 0.3 is 0 Å². The smallest absolute Gasteiger partial charge is 0.128 e. The molecule has 0 spiro atoms. The number of rotatable bonds is 6. The van der Waals surface area contributed by atoms with Crippen LogP contribution in [0.1, 0.15) is 88.2 Å². The fourth-order valence-electron chi connectivity index (χ4n) is 3.95. The predicted molar refractivity (Wildman–Crippen MR) is 121 cm³/mol. The third-order valence-corrected chi connectivity index (χ3v) is 6.96. The zero-order chi connectivity index (χ0) is 21.4. The second-order valence-corrected chi connectivity index (χ2v) is 9.63. The van der Waals surface area contributed by atoms with Gasteiger partial charge in [-0.3, -0.25) is 4.99 Å². The van der Waals surface area contributed by atoms with Crippen LogP contribution < -0.4 is 0 Å². The van der Waals surface area contributed by atoms with Crippen LogP contribution in [-0.2, 0) is 17.3 Å². The summed E-state index contributed by atoms with van der Waals surface area (Å²) in [6.45, 7) is 13.2. The van der Waals surface area contributed by atoms with Crippen LogP contribution in [0, 0.1) is 0 Å². The van der Waals surface area contributed by atoms with Crippen molar-refractivity contribution in [3.63, 3.8) is 0 Å². The highest BCUT2D eigenvalue weighted by atomic mass is 16.3. The van der Waals surface area contributed by atoms with E-state index in [1.807, 2.05) is 18.2 Å². The fraction of sp³-hybridized carbons (Fsp3) is 0.500. The van der Waals surface area contributed by atoms with E-state index in [1.165, 1.54) is 5.56 Å². The van der Waals surface area contributed by atoms with Crippen LogP contribution in [0.25, 0.3) is 0 Å². The number of aliphatic imine (C=N–C) groups is 1. The predicted octanol–water partition coefficient (Wildman–Crippen LogP) is 5.84. The molecular formula is C26H35NO2. The fourth-order valence-corrected chi connectivity index (χ4v) is 3.95. The van der Waals surface area contributed by atoms with Gasteiger partial charge in [0.25, 0.3) is 0 Å². The standard InChI is InChI=1S/C26H35NO2/c1-7-25(3,4)19-13-18(24(29)21(15-19)26(5,6)8-2)16-27-23-20-12-10-9-11-17(20)14-22(23)28/h9-13,15-16,22-23,28-29H,7-8,14H2,1-6H3/t22-,23+/m0/s1. The molecule has 0 heterocycles. The first-order valence-corrected chi connectivity index (χ1v) is 10.8. The highest BCUT2D eigenvalue weighted by Crippen LogP contribution is 2.40. The lowest BCUT2D eigenvalue weighted by atomic mass is 9.75. The topological polar surface area (TPSA) is 52.8 Å². The first-order valence-electron chi connectivity index (χ1n) is 10.8. The first kappa shape index (κ1) is 21.6. The molecule has 1 aliphatic rings. The van der Waals surface area contributed by atoms with Gasteiger partial charge in [-0.2, -0.15) is 0 Å². The van der Waals surface area contributed by atoms with Crippen LogP contribution in [0.5, 0.6) is 5.75 Å². The minimum absolute atomic E-state index is 0.00827. The maximum absolute atomic E-state index is 11.1. The molecule has 0 saturated heterocycles. The van der Waals surface area contributed by atoms with Crippen molar-refractivity contribution in [1.29, 1.82) is 0 Å². The van der Waals surface area contributed by atoms with Gasteiger partial charge in [0.05, 0.1) is 6.10 Å². The summed E-state index contributed by atoms with van der Waals surface area (Å²) in [6.07, 6.45) is 3.81. The van der Waals surface area contributed by atoms with Gasteiger partial charge in [0.2, 0.25) is 0 Å². The summed E-state index contributed by atoms with van der Waals surface area (Å²) < 4.78 is 0. The SMILES string of the molecule is CCC(C)(C)c1cc(C=N[C@@H]2c3ccccc3C[C@@H]2O)c(O)c(C(C)(C)CC)c1. The summed E-state index contributed by atoms with van der Waals surface area (Å²) in [5, 5.41) is 21.6.